The Labute approximate surface area is 94.2 Å². The van der Waals surface area contributed by atoms with Gasteiger partial charge in [-0.25, -0.2) is 0 Å². The van der Waals surface area contributed by atoms with Crippen LogP contribution in [0.15, 0.2) is 0 Å². The summed E-state index contributed by atoms with van der Waals surface area (Å²) in [5, 5.41) is 0. The van der Waals surface area contributed by atoms with Crippen LogP contribution in [0, 0.1) is 12.3 Å². The van der Waals surface area contributed by atoms with Gasteiger partial charge < -0.3 is 4.90 Å². The molecule has 78 valence electrons. The predicted octanol–water partition coefficient (Wildman–Crippen LogP) is 2.17. The number of halogens is 1. The minimum Gasteiger partial charge on any atom is -0.328 e. The van der Waals surface area contributed by atoms with Gasteiger partial charge in [-0.2, -0.15) is 0 Å². The van der Waals surface area contributed by atoms with E-state index >= 15 is 0 Å². The molecule has 2 atom stereocenters. The number of terminal acetylenes is 1. The van der Waals surface area contributed by atoms with Gasteiger partial charge in [-0.15, -0.1) is 6.42 Å². The minimum atomic E-state index is -0.0241. The van der Waals surface area contributed by atoms with Crippen LogP contribution in [0.25, 0.3) is 0 Å². The van der Waals surface area contributed by atoms with Crippen molar-refractivity contribution in [3.63, 3.8) is 0 Å². The summed E-state index contributed by atoms with van der Waals surface area (Å²) in [6, 6.07) is -0.00662. The smallest absolute Gasteiger partial charge is 0.237 e. The monoisotopic (exact) mass is 257 g/mol. The number of piperidine rings is 1. The second-order valence-corrected chi connectivity index (χ2v) is 4.72. The summed E-state index contributed by atoms with van der Waals surface area (Å²) in [6.45, 7) is 2.90. The maximum atomic E-state index is 11.8. The van der Waals surface area contributed by atoms with Crippen molar-refractivity contribution in [1.82, 2.24) is 4.90 Å². The average molecular weight is 258 g/mol. The molecule has 1 amide bonds. The van der Waals surface area contributed by atoms with Crippen LogP contribution in [-0.2, 0) is 4.79 Å². The molecule has 1 fully saturated rings. The molecule has 1 aliphatic heterocycles. The van der Waals surface area contributed by atoms with Crippen molar-refractivity contribution in [2.75, 3.05) is 6.54 Å². The van der Waals surface area contributed by atoms with Crippen molar-refractivity contribution < 1.29 is 4.79 Å². The quantitative estimate of drug-likeness (QED) is 0.561. The van der Waals surface area contributed by atoms with Gasteiger partial charge in [0.15, 0.2) is 0 Å². The Morgan fingerprint density at radius 1 is 1.79 bits per heavy atom. The Morgan fingerprint density at radius 3 is 3.07 bits per heavy atom. The van der Waals surface area contributed by atoms with Crippen LogP contribution in [-0.4, -0.2) is 28.2 Å². The van der Waals surface area contributed by atoms with Gasteiger partial charge in [0.1, 0.15) is 0 Å². The highest BCUT2D eigenvalue weighted by Gasteiger charge is 2.30. The Morgan fingerprint density at radius 2 is 2.50 bits per heavy atom. The first kappa shape index (κ1) is 11.6. The Balaban J connectivity index is 2.65. The third-order valence-corrected chi connectivity index (χ3v) is 3.39. The molecule has 0 aromatic rings. The number of carbonyl (C=O) groups is 1. The lowest BCUT2D eigenvalue weighted by atomic mass is 10.0. The third-order valence-electron chi connectivity index (χ3n) is 2.54. The second-order valence-electron chi connectivity index (χ2n) is 3.61. The molecule has 2 unspecified atom stereocenters. The van der Waals surface area contributed by atoms with Gasteiger partial charge in [-0.05, 0) is 19.3 Å². The molecule has 0 aromatic heterocycles. The van der Waals surface area contributed by atoms with Crippen molar-refractivity contribution >= 4 is 21.8 Å². The van der Waals surface area contributed by atoms with E-state index in [1.165, 1.54) is 0 Å². The minimum absolute atomic E-state index is 0.00662. The fourth-order valence-electron chi connectivity index (χ4n) is 1.77. The average Bonchev–Trinajstić information content (AvgIpc) is 2.19. The van der Waals surface area contributed by atoms with E-state index in [2.05, 4.69) is 28.8 Å². The maximum Gasteiger partial charge on any atom is 0.237 e. The zero-order valence-corrected chi connectivity index (χ0v) is 10.1. The number of alkyl halides is 1. The highest BCUT2D eigenvalue weighted by Crippen LogP contribution is 2.21. The normalized spacial score (nSPS) is 24.5. The topological polar surface area (TPSA) is 20.3 Å². The Hall–Kier alpha value is -0.490. The first-order chi connectivity index (χ1) is 6.70. The van der Waals surface area contributed by atoms with E-state index in [1.807, 2.05) is 4.90 Å². The number of nitrogens with zero attached hydrogens (tertiary/aromatic N) is 1. The molecule has 1 heterocycles. The summed E-state index contributed by atoms with van der Waals surface area (Å²) in [5.41, 5.74) is 0. The number of hydrogen-bond donors (Lipinski definition) is 0. The molecule has 0 spiro atoms. The largest absolute Gasteiger partial charge is 0.328 e. The number of hydrogen-bond acceptors (Lipinski definition) is 1. The van der Waals surface area contributed by atoms with Gasteiger partial charge in [0, 0.05) is 6.54 Å². The standard InChI is InChI=1S/C11H16BrNO/c1-3-6-9(4-2)13-8-5-7-10(12)11(13)14/h2,9-10H,3,5-8H2,1H3. The molecule has 0 radical (unpaired) electrons. The summed E-state index contributed by atoms with van der Waals surface area (Å²) in [5.74, 6) is 2.87. The Kier molecular flexibility index (Phi) is 4.47. The highest BCUT2D eigenvalue weighted by atomic mass is 79.9. The van der Waals surface area contributed by atoms with Crippen LogP contribution in [0.4, 0.5) is 0 Å². The van der Waals surface area contributed by atoms with E-state index in [9.17, 15) is 4.79 Å². The van der Waals surface area contributed by atoms with Gasteiger partial charge in [0.2, 0.25) is 5.91 Å². The molecule has 1 aliphatic rings. The zero-order valence-electron chi connectivity index (χ0n) is 8.50. The van der Waals surface area contributed by atoms with Crippen molar-refractivity contribution in [1.29, 1.82) is 0 Å². The fraction of sp³-hybridized carbons (Fsp3) is 0.727. The molecule has 0 bridgehead atoms. The molecule has 0 aromatic carbocycles. The molecule has 1 saturated heterocycles. The van der Waals surface area contributed by atoms with Crippen LogP contribution in [0.5, 0.6) is 0 Å². The van der Waals surface area contributed by atoms with Crippen LogP contribution in [0.2, 0.25) is 0 Å². The lowest BCUT2D eigenvalue weighted by Crippen LogP contribution is -2.47. The summed E-state index contributed by atoms with van der Waals surface area (Å²) in [7, 11) is 0. The summed E-state index contributed by atoms with van der Waals surface area (Å²) >= 11 is 3.38. The van der Waals surface area contributed by atoms with Crippen LogP contribution in [0.3, 0.4) is 0 Å². The third kappa shape index (κ3) is 2.51. The fourth-order valence-corrected chi connectivity index (χ4v) is 2.35. The van der Waals surface area contributed by atoms with Crippen molar-refractivity contribution in [3.8, 4) is 12.3 Å². The summed E-state index contributed by atoms with van der Waals surface area (Å²) < 4.78 is 0. The molecular weight excluding hydrogens is 242 g/mol. The lowest BCUT2D eigenvalue weighted by molar-refractivity contribution is -0.133. The molecule has 0 aliphatic carbocycles. The van der Waals surface area contributed by atoms with E-state index in [0.29, 0.717) is 0 Å². The Bertz CT molecular complexity index is 246. The molecule has 1 rings (SSSR count). The van der Waals surface area contributed by atoms with Crippen LogP contribution in [0.1, 0.15) is 32.6 Å². The second kappa shape index (κ2) is 5.41. The van der Waals surface area contributed by atoms with E-state index < -0.39 is 0 Å². The molecule has 2 nitrogen and oxygen atoms in total. The SMILES string of the molecule is C#CC(CCC)N1CCCC(Br)C1=O. The van der Waals surface area contributed by atoms with Crippen molar-refractivity contribution in [2.45, 2.75) is 43.5 Å². The number of amides is 1. The van der Waals surface area contributed by atoms with Gasteiger partial charge >= 0.3 is 0 Å². The first-order valence-electron chi connectivity index (χ1n) is 5.11. The zero-order chi connectivity index (χ0) is 10.6. The summed E-state index contributed by atoms with van der Waals surface area (Å²) in [4.78, 5) is 13.6. The number of carbonyl (C=O) groups excluding carboxylic acids is 1. The van der Waals surface area contributed by atoms with Gasteiger partial charge in [-0.1, -0.05) is 35.2 Å². The van der Waals surface area contributed by atoms with Gasteiger partial charge in [-0.3, -0.25) is 4.79 Å². The molecular formula is C11H16BrNO. The molecule has 3 heteroatoms. The first-order valence-corrected chi connectivity index (χ1v) is 6.03. The maximum absolute atomic E-state index is 11.8. The lowest BCUT2D eigenvalue weighted by Gasteiger charge is -2.33. The molecule has 14 heavy (non-hydrogen) atoms. The van der Waals surface area contributed by atoms with Crippen molar-refractivity contribution in [3.05, 3.63) is 0 Å². The van der Waals surface area contributed by atoms with E-state index in [4.69, 9.17) is 6.42 Å². The molecule has 0 N–H and O–H groups in total. The molecule has 0 saturated carbocycles. The highest BCUT2D eigenvalue weighted by molar-refractivity contribution is 9.10. The number of rotatable bonds is 3. The van der Waals surface area contributed by atoms with E-state index in [0.717, 1.165) is 32.2 Å². The van der Waals surface area contributed by atoms with Crippen LogP contribution < -0.4 is 0 Å². The van der Waals surface area contributed by atoms with Gasteiger partial charge in [0.05, 0.1) is 10.9 Å². The summed E-state index contributed by atoms with van der Waals surface area (Å²) in [6.07, 6.45) is 9.34. The predicted molar refractivity (Wildman–Crippen MR) is 61.2 cm³/mol. The van der Waals surface area contributed by atoms with E-state index in [-0.39, 0.29) is 16.8 Å². The van der Waals surface area contributed by atoms with Gasteiger partial charge in [0.25, 0.3) is 0 Å². The van der Waals surface area contributed by atoms with Crippen molar-refractivity contribution in [2.24, 2.45) is 0 Å². The number of likely N-dealkylation sites (tertiary alicyclic amines) is 1. The van der Waals surface area contributed by atoms with E-state index in [1.54, 1.807) is 0 Å². The van der Waals surface area contributed by atoms with Crippen LogP contribution >= 0.6 is 15.9 Å².